The van der Waals surface area contributed by atoms with Crippen molar-refractivity contribution in [3.63, 3.8) is 0 Å². The number of hydrogen-bond acceptors (Lipinski definition) is 3. The molecule has 0 bridgehead atoms. The summed E-state index contributed by atoms with van der Waals surface area (Å²) in [6.45, 7) is 13.3. The molecule has 0 aliphatic carbocycles. The zero-order valence-electron chi connectivity index (χ0n) is 10.8. The Morgan fingerprint density at radius 1 is 1.13 bits per heavy atom. The average molecular weight is 241 g/mol. The Morgan fingerprint density at radius 2 is 1.40 bits per heavy atom. The van der Waals surface area contributed by atoms with Gasteiger partial charge in [0.05, 0.1) is 19.1 Å². The van der Waals surface area contributed by atoms with Crippen LogP contribution in [0.5, 0.6) is 0 Å². The Labute approximate surface area is 99.1 Å². The number of carbonyl (C=O) groups is 1. The van der Waals surface area contributed by atoms with E-state index in [1.54, 1.807) is 0 Å². The third-order valence-corrected chi connectivity index (χ3v) is 1.17. The number of ether oxygens (including phenoxy) is 2. The number of carbonyl (C=O) groups excluding carboxylic acids is 1. The van der Waals surface area contributed by atoms with Crippen molar-refractivity contribution in [1.29, 1.82) is 0 Å². The van der Waals surface area contributed by atoms with Crippen LogP contribution in [0.1, 0.15) is 41.5 Å². The lowest BCUT2D eigenvalue weighted by Crippen LogP contribution is -2.18. The Kier molecular flexibility index (Phi) is 22.1. The molecule has 0 atom stereocenters. The van der Waals surface area contributed by atoms with Crippen LogP contribution in [0.4, 0.5) is 0 Å². The Balaban J connectivity index is -0.000000156. The minimum Gasteiger partial charge on any atom is -0.348 e. The van der Waals surface area contributed by atoms with E-state index in [9.17, 15) is 0 Å². The van der Waals surface area contributed by atoms with Crippen LogP contribution < -0.4 is 0 Å². The van der Waals surface area contributed by atoms with E-state index in [4.69, 9.17) is 25.9 Å². The van der Waals surface area contributed by atoms with Crippen molar-refractivity contribution >= 4 is 17.9 Å². The Morgan fingerprint density at radius 3 is 1.47 bits per heavy atom. The molecule has 1 aliphatic rings. The lowest BCUT2D eigenvalue weighted by atomic mass is 10.4. The van der Waals surface area contributed by atoms with Gasteiger partial charge in [-0.15, -0.1) is 11.6 Å². The summed E-state index contributed by atoms with van der Waals surface area (Å²) in [5.41, 5.74) is 0. The van der Waals surface area contributed by atoms with Crippen LogP contribution in [0.25, 0.3) is 0 Å². The first kappa shape index (κ1) is 20.3. The molecule has 94 valence electrons. The highest BCUT2D eigenvalue weighted by Gasteiger charge is 2.23. The maximum atomic E-state index is 9.04. The fourth-order valence-electron chi connectivity index (χ4n) is 0.617. The summed E-state index contributed by atoms with van der Waals surface area (Å²) in [6, 6.07) is 0. The van der Waals surface area contributed by atoms with Gasteiger partial charge in [0.15, 0.2) is 5.79 Å². The molecule has 1 saturated heterocycles. The summed E-state index contributed by atoms with van der Waals surface area (Å²) >= 11 is 4.82. The minimum absolute atomic E-state index is 0.111. The maximum absolute atomic E-state index is 9.04. The third kappa shape index (κ3) is 20.1. The molecule has 1 aliphatic heterocycles. The van der Waals surface area contributed by atoms with Crippen LogP contribution in [-0.4, -0.2) is 31.2 Å². The molecule has 0 saturated carbocycles. The molecule has 0 amide bonds. The SMILES string of the molecule is CC.CC.CC1(C)OCCO1.O=CCCl. The minimum atomic E-state index is -0.306. The summed E-state index contributed by atoms with van der Waals surface area (Å²) in [6.07, 6.45) is 0.640. The second kappa shape index (κ2) is 16.3. The van der Waals surface area contributed by atoms with Gasteiger partial charge in [0, 0.05) is 0 Å². The molecular weight excluding hydrogens is 216 g/mol. The second-order valence-electron chi connectivity index (χ2n) is 2.42. The predicted molar refractivity (Wildman–Crippen MR) is 65.5 cm³/mol. The molecule has 0 aromatic heterocycles. The van der Waals surface area contributed by atoms with Gasteiger partial charge in [-0.25, -0.2) is 0 Å². The van der Waals surface area contributed by atoms with E-state index in [1.807, 2.05) is 41.5 Å². The molecule has 0 radical (unpaired) electrons. The molecule has 0 spiro atoms. The second-order valence-corrected chi connectivity index (χ2v) is 2.73. The molecular formula is C11H25ClO3. The van der Waals surface area contributed by atoms with Crippen molar-refractivity contribution in [2.45, 2.75) is 47.3 Å². The third-order valence-electron chi connectivity index (χ3n) is 1.05. The zero-order valence-corrected chi connectivity index (χ0v) is 11.6. The molecule has 1 heterocycles. The Bertz CT molecular complexity index is 108. The largest absolute Gasteiger partial charge is 0.348 e. The highest BCUT2D eigenvalue weighted by atomic mass is 35.5. The molecule has 3 nitrogen and oxygen atoms in total. The molecule has 4 heteroatoms. The lowest BCUT2D eigenvalue weighted by molar-refractivity contribution is -0.125. The van der Waals surface area contributed by atoms with E-state index in [0.717, 1.165) is 13.2 Å². The first-order chi connectivity index (χ1) is 7.12. The van der Waals surface area contributed by atoms with Crippen molar-refractivity contribution < 1.29 is 14.3 Å². The van der Waals surface area contributed by atoms with Gasteiger partial charge in [-0.1, -0.05) is 27.7 Å². The summed E-state index contributed by atoms with van der Waals surface area (Å²) < 4.78 is 10.2. The standard InChI is InChI=1S/C5H10O2.C2H3ClO.2C2H6/c1-5(2)6-3-4-7-5;3-1-2-4;2*1-2/h3-4H2,1-2H3;2H,1H2;2*1-2H3. The molecule has 1 fully saturated rings. The van der Waals surface area contributed by atoms with Crippen molar-refractivity contribution in [2.24, 2.45) is 0 Å². The molecule has 0 unspecified atom stereocenters. The molecule has 1 rings (SSSR count). The first-order valence-electron chi connectivity index (χ1n) is 5.40. The lowest BCUT2D eigenvalue weighted by Gasteiger charge is -2.13. The van der Waals surface area contributed by atoms with Crippen molar-refractivity contribution in [1.82, 2.24) is 0 Å². The average Bonchev–Trinajstić information content (AvgIpc) is 2.69. The smallest absolute Gasteiger partial charge is 0.162 e. The van der Waals surface area contributed by atoms with Crippen LogP contribution in [0.2, 0.25) is 0 Å². The number of halogens is 1. The molecule has 0 aromatic rings. The van der Waals surface area contributed by atoms with E-state index >= 15 is 0 Å². The predicted octanol–water partition coefficient (Wildman–Crippen LogP) is 3.25. The van der Waals surface area contributed by atoms with Crippen LogP contribution in [0.3, 0.4) is 0 Å². The first-order valence-corrected chi connectivity index (χ1v) is 5.93. The van der Waals surface area contributed by atoms with Crippen LogP contribution in [0, 0.1) is 0 Å². The Hall–Kier alpha value is -0.120. The highest BCUT2D eigenvalue weighted by Crippen LogP contribution is 2.15. The monoisotopic (exact) mass is 240 g/mol. The molecule has 0 aromatic carbocycles. The van der Waals surface area contributed by atoms with E-state index < -0.39 is 0 Å². The van der Waals surface area contributed by atoms with Gasteiger partial charge >= 0.3 is 0 Å². The van der Waals surface area contributed by atoms with Gasteiger partial charge in [0.1, 0.15) is 6.29 Å². The van der Waals surface area contributed by atoms with E-state index in [1.165, 1.54) is 0 Å². The molecule has 0 N–H and O–H groups in total. The van der Waals surface area contributed by atoms with E-state index in [2.05, 4.69) is 0 Å². The fourth-order valence-corrected chi connectivity index (χ4v) is 0.617. The summed E-state index contributed by atoms with van der Waals surface area (Å²) in [4.78, 5) is 9.04. The van der Waals surface area contributed by atoms with Crippen LogP contribution in [-0.2, 0) is 14.3 Å². The summed E-state index contributed by atoms with van der Waals surface area (Å²) in [5.74, 6) is -0.194. The summed E-state index contributed by atoms with van der Waals surface area (Å²) in [5, 5.41) is 0. The van der Waals surface area contributed by atoms with Gasteiger partial charge in [0.25, 0.3) is 0 Å². The number of rotatable bonds is 1. The zero-order chi connectivity index (χ0) is 12.7. The van der Waals surface area contributed by atoms with E-state index in [-0.39, 0.29) is 11.7 Å². The maximum Gasteiger partial charge on any atom is 0.162 e. The van der Waals surface area contributed by atoms with Crippen molar-refractivity contribution in [3.8, 4) is 0 Å². The van der Waals surface area contributed by atoms with Gasteiger partial charge in [-0.05, 0) is 13.8 Å². The van der Waals surface area contributed by atoms with Gasteiger partial charge < -0.3 is 14.3 Å². The number of hydrogen-bond donors (Lipinski definition) is 0. The van der Waals surface area contributed by atoms with Gasteiger partial charge in [-0.2, -0.15) is 0 Å². The van der Waals surface area contributed by atoms with Gasteiger partial charge in [0.2, 0.25) is 0 Å². The number of aldehydes is 1. The van der Waals surface area contributed by atoms with Crippen molar-refractivity contribution in [2.75, 3.05) is 19.1 Å². The fraction of sp³-hybridized carbons (Fsp3) is 0.909. The van der Waals surface area contributed by atoms with Crippen LogP contribution >= 0.6 is 11.6 Å². The normalized spacial score (nSPS) is 15.7. The quantitative estimate of drug-likeness (QED) is 0.521. The van der Waals surface area contributed by atoms with E-state index in [0.29, 0.717) is 6.29 Å². The molecule has 15 heavy (non-hydrogen) atoms. The number of alkyl halides is 1. The topological polar surface area (TPSA) is 35.5 Å². The van der Waals surface area contributed by atoms with Crippen LogP contribution in [0.15, 0.2) is 0 Å². The highest BCUT2D eigenvalue weighted by molar-refractivity contribution is 6.24. The summed E-state index contributed by atoms with van der Waals surface area (Å²) in [7, 11) is 0. The van der Waals surface area contributed by atoms with Crippen molar-refractivity contribution in [3.05, 3.63) is 0 Å². The van der Waals surface area contributed by atoms with Gasteiger partial charge in [-0.3, -0.25) is 0 Å².